The Balaban J connectivity index is 2.08. The van der Waals surface area contributed by atoms with Crippen molar-refractivity contribution in [2.24, 2.45) is 11.8 Å². The highest BCUT2D eigenvalue weighted by molar-refractivity contribution is 6.31. The Morgan fingerprint density at radius 1 is 1.29 bits per heavy atom. The summed E-state index contributed by atoms with van der Waals surface area (Å²) >= 11 is 6.04. The number of rotatable bonds is 4. The highest BCUT2D eigenvalue weighted by Gasteiger charge is 2.26. The molecule has 1 aliphatic carbocycles. The van der Waals surface area contributed by atoms with Crippen molar-refractivity contribution in [1.82, 2.24) is 5.32 Å². The maximum absolute atomic E-state index is 12.5. The average Bonchev–Trinajstić information content (AvgIpc) is 2.45. The second-order valence-corrected chi connectivity index (χ2v) is 6.59. The molecule has 3 atom stereocenters. The number of amides is 1. The van der Waals surface area contributed by atoms with Crippen LogP contribution < -0.4 is 10.6 Å². The summed E-state index contributed by atoms with van der Waals surface area (Å²) in [5.74, 6) is 1.39. The molecule has 0 heterocycles. The third-order valence-corrected chi connectivity index (χ3v) is 4.76. The van der Waals surface area contributed by atoms with Crippen LogP contribution >= 0.6 is 11.6 Å². The van der Waals surface area contributed by atoms with Crippen molar-refractivity contribution in [2.45, 2.75) is 46.1 Å². The Labute approximate surface area is 132 Å². The van der Waals surface area contributed by atoms with Crippen LogP contribution in [0.3, 0.4) is 0 Å². The predicted molar refractivity (Wildman–Crippen MR) is 89.0 cm³/mol. The third kappa shape index (κ3) is 4.13. The van der Waals surface area contributed by atoms with E-state index in [2.05, 4.69) is 24.5 Å². The molecule has 0 spiro atoms. The predicted octanol–water partition coefficient (Wildman–Crippen LogP) is 4.33. The van der Waals surface area contributed by atoms with Crippen molar-refractivity contribution in [3.05, 3.63) is 28.8 Å². The molecule has 1 saturated carbocycles. The molecule has 2 N–H and O–H groups in total. The molecule has 4 heteroatoms. The fourth-order valence-corrected chi connectivity index (χ4v) is 3.16. The fraction of sp³-hybridized carbons (Fsp3) is 0.588. The van der Waals surface area contributed by atoms with Gasteiger partial charge in [-0.2, -0.15) is 0 Å². The molecule has 1 amide bonds. The molecular weight excluding hydrogens is 284 g/mol. The maximum atomic E-state index is 12.5. The van der Waals surface area contributed by atoms with Gasteiger partial charge in [0, 0.05) is 23.3 Å². The lowest BCUT2D eigenvalue weighted by atomic mass is 9.79. The Morgan fingerprint density at radius 2 is 2.05 bits per heavy atom. The van der Waals surface area contributed by atoms with E-state index in [0.29, 0.717) is 16.5 Å². The first-order valence-corrected chi connectivity index (χ1v) is 8.23. The van der Waals surface area contributed by atoms with E-state index in [9.17, 15) is 4.79 Å². The van der Waals surface area contributed by atoms with Gasteiger partial charge in [0.15, 0.2) is 0 Å². The summed E-state index contributed by atoms with van der Waals surface area (Å²) in [5, 5.41) is 6.98. The van der Waals surface area contributed by atoms with E-state index >= 15 is 0 Å². The normalized spacial score (nSPS) is 25.4. The van der Waals surface area contributed by atoms with Crippen molar-refractivity contribution in [3.8, 4) is 0 Å². The molecule has 21 heavy (non-hydrogen) atoms. The molecule has 0 aromatic heterocycles. The number of hydrogen-bond acceptors (Lipinski definition) is 2. The summed E-state index contributed by atoms with van der Waals surface area (Å²) in [6, 6.07) is 5.69. The van der Waals surface area contributed by atoms with Gasteiger partial charge in [-0.05, 0) is 56.2 Å². The molecule has 0 radical (unpaired) electrons. The highest BCUT2D eigenvalue weighted by Crippen LogP contribution is 2.30. The zero-order valence-electron chi connectivity index (χ0n) is 13.1. The zero-order chi connectivity index (χ0) is 15.4. The lowest BCUT2D eigenvalue weighted by molar-refractivity contribution is 0.0911. The largest absolute Gasteiger partial charge is 0.385 e. The number of benzene rings is 1. The number of carbonyl (C=O) groups is 1. The summed E-state index contributed by atoms with van der Waals surface area (Å²) in [7, 11) is 0. The summed E-state index contributed by atoms with van der Waals surface area (Å²) in [5.41, 5.74) is 1.48. The van der Waals surface area contributed by atoms with Gasteiger partial charge in [-0.3, -0.25) is 4.79 Å². The number of anilines is 1. The van der Waals surface area contributed by atoms with Crippen LogP contribution in [0, 0.1) is 11.8 Å². The van der Waals surface area contributed by atoms with E-state index in [0.717, 1.165) is 31.0 Å². The molecule has 1 fully saturated rings. The van der Waals surface area contributed by atoms with E-state index < -0.39 is 0 Å². The van der Waals surface area contributed by atoms with Gasteiger partial charge in [0.2, 0.25) is 0 Å². The molecule has 0 bridgehead atoms. The second-order valence-electron chi connectivity index (χ2n) is 6.16. The van der Waals surface area contributed by atoms with Crippen LogP contribution in [0.5, 0.6) is 0 Å². The van der Waals surface area contributed by atoms with Gasteiger partial charge < -0.3 is 10.6 Å². The van der Waals surface area contributed by atoms with Crippen LogP contribution in [0.15, 0.2) is 18.2 Å². The minimum Gasteiger partial charge on any atom is -0.385 e. The van der Waals surface area contributed by atoms with Crippen LogP contribution in [0.25, 0.3) is 0 Å². The van der Waals surface area contributed by atoms with Gasteiger partial charge in [-0.1, -0.05) is 25.4 Å². The highest BCUT2D eigenvalue weighted by atomic mass is 35.5. The van der Waals surface area contributed by atoms with E-state index in [-0.39, 0.29) is 11.9 Å². The van der Waals surface area contributed by atoms with Crippen molar-refractivity contribution < 1.29 is 4.79 Å². The number of halogens is 1. The van der Waals surface area contributed by atoms with Gasteiger partial charge in [0.25, 0.3) is 5.91 Å². The third-order valence-electron chi connectivity index (χ3n) is 4.53. The zero-order valence-corrected chi connectivity index (χ0v) is 13.8. The quantitative estimate of drug-likeness (QED) is 0.869. The molecule has 0 saturated heterocycles. The smallest absolute Gasteiger partial charge is 0.253 e. The number of nitrogens with one attached hydrogen (secondary N) is 2. The Kier molecular flexibility index (Phi) is 5.51. The number of carbonyl (C=O) groups excluding carboxylic acids is 1. The fourth-order valence-electron chi connectivity index (χ4n) is 2.99. The summed E-state index contributed by atoms with van der Waals surface area (Å²) < 4.78 is 0. The first-order valence-electron chi connectivity index (χ1n) is 7.85. The first-order chi connectivity index (χ1) is 10.0. The van der Waals surface area contributed by atoms with E-state index in [1.54, 1.807) is 12.1 Å². The first kappa shape index (κ1) is 16.2. The van der Waals surface area contributed by atoms with Gasteiger partial charge in [-0.15, -0.1) is 0 Å². The van der Waals surface area contributed by atoms with E-state index in [1.807, 2.05) is 13.0 Å². The number of hydrogen-bond donors (Lipinski definition) is 2. The van der Waals surface area contributed by atoms with Crippen molar-refractivity contribution in [3.63, 3.8) is 0 Å². The molecule has 1 aromatic carbocycles. The van der Waals surface area contributed by atoms with Crippen molar-refractivity contribution >= 4 is 23.2 Å². The lowest BCUT2D eigenvalue weighted by Crippen LogP contribution is -2.40. The lowest BCUT2D eigenvalue weighted by Gasteiger charge is -2.32. The average molecular weight is 309 g/mol. The molecule has 116 valence electrons. The molecule has 0 aliphatic heterocycles. The van der Waals surface area contributed by atoms with Crippen LogP contribution in [0.1, 0.15) is 50.4 Å². The second kappa shape index (κ2) is 7.17. The van der Waals surface area contributed by atoms with E-state index in [1.165, 1.54) is 6.42 Å². The van der Waals surface area contributed by atoms with E-state index in [4.69, 9.17) is 11.6 Å². The topological polar surface area (TPSA) is 41.1 Å². The maximum Gasteiger partial charge on any atom is 0.253 e. The van der Waals surface area contributed by atoms with Gasteiger partial charge in [0.1, 0.15) is 0 Å². The van der Waals surface area contributed by atoms with Crippen LogP contribution in [0.4, 0.5) is 5.69 Å². The van der Waals surface area contributed by atoms with Gasteiger partial charge in [-0.25, -0.2) is 0 Å². The van der Waals surface area contributed by atoms with Crippen molar-refractivity contribution in [2.75, 3.05) is 11.9 Å². The molecule has 2 rings (SSSR count). The Morgan fingerprint density at radius 3 is 2.71 bits per heavy atom. The molecule has 1 aliphatic rings. The molecular formula is C17H25ClN2O. The molecule has 3 nitrogen and oxygen atoms in total. The Hall–Kier alpha value is -1.22. The summed E-state index contributed by atoms with van der Waals surface area (Å²) in [6.45, 7) is 7.36. The molecule has 3 unspecified atom stereocenters. The minimum absolute atomic E-state index is 0.0276. The SMILES string of the molecule is CCNc1ccc(Cl)cc1C(=O)NC1CCC(C)C(C)C1. The standard InChI is InChI=1S/C17H25ClN2O/c1-4-19-16-8-6-13(18)10-15(16)17(21)20-14-7-5-11(2)12(3)9-14/h6,8,10-12,14,19H,4-5,7,9H2,1-3H3,(H,20,21). The summed E-state index contributed by atoms with van der Waals surface area (Å²) in [6.07, 6.45) is 3.31. The van der Waals surface area contributed by atoms with Crippen LogP contribution in [-0.4, -0.2) is 18.5 Å². The minimum atomic E-state index is -0.0276. The molecule has 1 aromatic rings. The van der Waals surface area contributed by atoms with Crippen LogP contribution in [-0.2, 0) is 0 Å². The summed E-state index contributed by atoms with van der Waals surface area (Å²) in [4.78, 5) is 12.5. The van der Waals surface area contributed by atoms with Crippen molar-refractivity contribution in [1.29, 1.82) is 0 Å². The van der Waals surface area contributed by atoms with Gasteiger partial charge in [0.05, 0.1) is 5.56 Å². The van der Waals surface area contributed by atoms with Gasteiger partial charge >= 0.3 is 0 Å². The monoisotopic (exact) mass is 308 g/mol. The van der Waals surface area contributed by atoms with Crippen LogP contribution in [0.2, 0.25) is 5.02 Å². The Bertz CT molecular complexity index is 504.